The van der Waals surface area contributed by atoms with E-state index in [0.717, 1.165) is 27.8 Å². The Labute approximate surface area is 166 Å². The van der Waals surface area contributed by atoms with E-state index in [1.54, 1.807) is 7.11 Å². The van der Waals surface area contributed by atoms with Gasteiger partial charge in [-0.1, -0.05) is 28.1 Å². The Morgan fingerprint density at radius 1 is 1.48 bits per heavy atom. The summed E-state index contributed by atoms with van der Waals surface area (Å²) in [5, 5.41) is 10.7. The van der Waals surface area contributed by atoms with Crippen LogP contribution in [0.1, 0.15) is 24.5 Å². The number of halogens is 1. The summed E-state index contributed by atoms with van der Waals surface area (Å²) in [6.07, 6.45) is 4.02. The standard InChI is InChI=1S/C20H22BrNO5/c1-3-26-19(24)22-7-6-20-11-4-5-14(23)18(20)27-17-15(25-2)9-12(21)10(16(17)20)8-13(11)22/h4-5,9,11,13-14,18,23H,3,6-8H2,1-2H3/t11-,13+,14-,18-,20-/m0/s1. The van der Waals surface area contributed by atoms with Crippen LogP contribution in [0.25, 0.3) is 0 Å². The van der Waals surface area contributed by atoms with Crippen molar-refractivity contribution in [2.45, 2.75) is 43.4 Å². The fourth-order valence-electron chi connectivity index (χ4n) is 5.67. The zero-order valence-corrected chi connectivity index (χ0v) is 16.9. The molecule has 1 saturated heterocycles. The number of aliphatic hydroxyl groups is 1. The first-order valence-corrected chi connectivity index (χ1v) is 10.2. The number of aliphatic hydroxyl groups excluding tert-OH is 1. The number of ether oxygens (including phenoxy) is 3. The number of carbonyl (C=O) groups excluding carboxylic acids is 1. The van der Waals surface area contributed by atoms with Crippen LogP contribution in [-0.4, -0.2) is 54.6 Å². The molecule has 2 heterocycles. The third-order valence-electron chi connectivity index (χ3n) is 6.65. The lowest BCUT2D eigenvalue weighted by Gasteiger charge is -2.56. The number of hydrogen-bond donors (Lipinski definition) is 1. The zero-order valence-electron chi connectivity index (χ0n) is 15.3. The topological polar surface area (TPSA) is 68.2 Å². The van der Waals surface area contributed by atoms with Gasteiger partial charge in [0.05, 0.1) is 13.7 Å². The molecule has 5 rings (SSSR count). The quantitative estimate of drug-likeness (QED) is 0.723. The molecule has 0 aromatic heterocycles. The molecular formula is C20H22BrNO5. The molecule has 1 aromatic carbocycles. The van der Waals surface area contributed by atoms with Crippen molar-refractivity contribution in [2.24, 2.45) is 5.92 Å². The molecule has 6 nitrogen and oxygen atoms in total. The Bertz CT molecular complexity index is 855. The van der Waals surface area contributed by atoms with E-state index < -0.39 is 6.10 Å². The van der Waals surface area contributed by atoms with Crippen LogP contribution in [0.15, 0.2) is 22.7 Å². The largest absolute Gasteiger partial charge is 0.493 e. The molecular weight excluding hydrogens is 414 g/mol. The molecule has 27 heavy (non-hydrogen) atoms. The van der Waals surface area contributed by atoms with Crippen molar-refractivity contribution in [3.05, 3.63) is 33.8 Å². The molecule has 1 fully saturated rings. The molecule has 2 aliphatic carbocycles. The third kappa shape index (κ3) is 2.07. The van der Waals surface area contributed by atoms with Crippen molar-refractivity contribution < 1.29 is 24.1 Å². The summed E-state index contributed by atoms with van der Waals surface area (Å²) in [7, 11) is 1.63. The number of rotatable bonds is 2. The van der Waals surface area contributed by atoms with Gasteiger partial charge in [-0.2, -0.15) is 0 Å². The van der Waals surface area contributed by atoms with Crippen molar-refractivity contribution in [3.8, 4) is 11.5 Å². The van der Waals surface area contributed by atoms with Gasteiger partial charge in [0.25, 0.3) is 0 Å². The maximum absolute atomic E-state index is 12.6. The van der Waals surface area contributed by atoms with Crippen molar-refractivity contribution in [3.63, 3.8) is 0 Å². The van der Waals surface area contributed by atoms with Gasteiger partial charge in [0, 0.05) is 34.0 Å². The summed E-state index contributed by atoms with van der Waals surface area (Å²) in [6, 6.07) is 1.91. The highest BCUT2D eigenvalue weighted by molar-refractivity contribution is 9.10. The monoisotopic (exact) mass is 435 g/mol. The molecule has 0 radical (unpaired) electrons. The lowest BCUT2D eigenvalue weighted by molar-refractivity contribution is -0.0485. The van der Waals surface area contributed by atoms with Crippen molar-refractivity contribution in [2.75, 3.05) is 20.3 Å². The number of carbonyl (C=O) groups is 1. The number of piperidine rings is 1. The Hall–Kier alpha value is -1.73. The van der Waals surface area contributed by atoms with Crippen molar-refractivity contribution >= 4 is 22.0 Å². The summed E-state index contributed by atoms with van der Waals surface area (Å²) < 4.78 is 18.2. The summed E-state index contributed by atoms with van der Waals surface area (Å²) in [5.74, 6) is 1.51. The summed E-state index contributed by atoms with van der Waals surface area (Å²) >= 11 is 3.70. The molecule has 0 unspecified atom stereocenters. The maximum atomic E-state index is 12.6. The molecule has 1 spiro atoms. The van der Waals surface area contributed by atoms with Crippen LogP contribution in [0.2, 0.25) is 0 Å². The van der Waals surface area contributed by atoms with Gasteiger partial charge in [-0.15, -0.1) is 0 Å². The molecule has 5 atom stereocenters. The molecule has 1 amide bonds. The van der Waals surface area contributed by atoms with Crippen LogP contribution >= 0.6 is 15.9 Å². The first-order chi connectivity index (χ1) is 13.0. The number of amides is 1. The summed E-state index contributed by atoms with van der Waals surface area (Å²) in [6.45, 7) is 2.78. The maximum Gasteiger partial charge on any atom is 0.410 e. The zero-order chi connectivity index (χ0) is 18.9. The normalized spacial score (nSPS) is 34.7. The fourth-order valence-corrected chi connectivity index (χ4v) is 6.24. The van der Waals surface area contributed by atoms with Crippen LogP contribution in [0.3, 0.4) is 0 Å². The Morgan fingerprint density at radius 2 is 2.30 bits per heavy atom. The SMILES string of the molecule is CCOC(=O)N1CC[C@]23c4c5c(Br)cc(OC)c4O[C@H]2[C@@H](O)C=C[C@H]3[C@H]1C5. The minimum atomic E-state index is -0.683. The first kappa shape index (κ1) is 17.4. The van der Waals surface area contributed by atoms with Crippen molar-refractivity contribution in [1.29, 1.82) is 0 Å². The van der Waals surface area contributed by atoms with E-state index in [1.807, 2.05) is 24.0 Å². The fraction of sp³-hybridized carbons (Fsp3) is 0.550. The smallest absolute Gasteiger partial charge is 0.410 e. The van der Waals surface area contributed by atoms with E-state index in [0.29, 0.717) is 25.3 Å². The highest BCUT2D eigenvalue weighted by atomic mass is 79.9. The van der Waals surface area contributed by atoms with Gasteiger partial charge >= 0.3 is 6.09 Å². The predicted octanol–water partition coefficient (Wildman–Crippen LogP) is 2.79. The number of nitrogens with zero attached hydrogens (tertiary/aromatic N) is 1. The van der Waals surface area contributed by atoms with Gasteiger partial charge in [0.2, 0.25) is 0 Å². The minimum Gasteiger partial charge on any atom is -0.493 e. The molecule has 144 valence electrons. The van der Waals surface area contributed by atoms with Gasteiger partial charge in [0.15, 0.2) is 11.5 Å². The molecule has 1 N–H and O–H groups in total. The van der Waals surface area contributed by atoms with Crippen LogP contribution in [0, 0.1) is 5.92 Å². The molecule has 1 aromatic rings. The Balaban J connectivity index is 1.72. The van der Waals surface area contributed by atoms with Gasteiger partial charge in [-0.05, 0) is 31.4 Å². The van der Waals surface area contributed by atoms with Gasteiger partial charge in [0.1, 0.15) is 12.2 Å². The third-order valence-corrected chi connectivity index (χ3v) is 7.36. The van der Waals surface area contributed by atoms with Crippen LogP contribution in [0.4, 0.5) is 4.79 Å². The minimum absolute atomic E-state index is 0.0178. The van der Waals surface area contributed by atoms with E-state index in [9.17, 15) is 9.90 Å². The van der Waals surface area contributed by atoms with E-state index in [4.69, 9.17) is 14.2 Å². The average molecular weight is 436 g/mol. The second-order valence-electron chi connectivity index (χ2n) is 7.64. The predicted molar refractivity (Wildman–Crippen MR) is 101 cm³/mol. The van der Waals surface area contributed by atoms with Crippen molar-refractivity contribution in [1.82, 2.24) is 4.90 Å². The van der Waals surface area contributed by atoms with E-state index in [-0.39, 0.29) is 29.6 Å². The van der Waals surface area contributed by atoms with Gasteiger partial charge in [-0.25, -0.2) is 4.79 Å². The molecule has 0 saturated carbocycles. The Kier molecular flexibility index (Phi) is 3.78. The van der Waals surface area contributed by atoms with Crippen LogP contribution < -0.4 is 9.47 Å². The number of methoxy groups -OCH3 is 1. The molecule has 2 bridgehead atoms. The summed E-state index contributed by atoms with van der Waals surface area (Å²) in [5.41, 5.74) is 1.94. The summed E-state index contributed by atoms with van der Waals surface area (Å²) in [4.78, 5) is 14.5. The molecule has 2 aliphatic heterocycles. The number of hydrogen-bond acceptors (Lipinski definition) is 5. The van der Waals surface area contributed by atoms with E-state index >= 15 is 0 Å². The van der Waals surface area contributed by atoms with Gasteiger partial charge in [-0.3, -0.25) is 0 Å². The highest BCUT2D eigenvalue weighted by Gasteiger charge is 2.65. The molecule has 7 heteroatoms. The van der Waals surface area contributed by atoms with E-state index in [1.165, 1.54) is 0 Å². The van der Waals surface area contributed by atoms with Gasteiger partial charge < -0.3 is 24.2 Å². The van der Waals surface area contributed by atoms with Crippen LogP contribution in [0.5, 0.6) is 11.5 Å². The average Bonchev–Trinajstić information content (AvgIpc) is 2.99. The second kappa shape index (κ2) is 5.88. The second-order valence-corrected chi connectivity index (χ2v) is 8.49. The number of likely N-dealkylation sites (tertiary alicyclic amines) is 1. The number of benzene rings is 1. The van der Waals surface area contributed by atoms with E-state index in [2.05, 4.69) is 22.0 Å². The molecule has 4 aliphatic rings. The lowest BCUT2D eigenvalue weighted by atomic mass is 9.53. The van der Waals surface area contributed by atoms with Crippen LogP contribution in [-0.2, 0) is 16.6 Å². The lowest BCUT2D eigenvalue weighted by Crippen LogP contribution is -2.66. The first-order valence-electron chi connectivity index (χ1n) is 9.39. The Morgan fingerprint density at radius 3 is 3.04 bits per heavy atom. The highest BCUT2D eigenvalue weighted by Crippen LogP contribution is 2.63.